The van der Waals surface area contributed by atoms with Crippen LogP contribution in [0.2, 0.25) is 0 Å². The van der Waals surface area contributed by atoms with Crippen LogP contribution in [0.1, 0.15) is 19.8 Å². The lowest BCUT2D eigenvalue weighted by atomic mass is 10.2. The van der Waals surface area contributed by atoms with Crippen molar-refractivity contribution in [2.24, 2.45) is 0 Å². The van der Waals surface area contributed by atoms with Crippen LogP contribution < -0.4 is 20.3 Å². The first kappa shape index (κ1) is 21.4. The number of nitrogens with zero attached hydrogens (tertiary/aromatic N) is 3. The van der Waals surface area contributed by atoms with E-state index in [-0.39, 0.29) is 18.0 Å². The van der Waals surface area contributed by atoms with E-state index in [0.717, 1.165) is 51.4 Å². The summed E-state index contributed by atoms with van der Waals surface area (Å²) < 4.78 is 5.23. The second-order valence-corrected chi connectivity index (χ2v) is 7.64. The molecule has 2 aliphatic rings. The molecule has 2 heterocycles. The Morgan fingerprint density at radius 1 is 1.21 bits per heavy atom. The van der Waals surface area contributed by atoms with Crippen LogP contribution in [0.15, 0.2) is 24.3 Å². The maximum Gasteiger partial charge on any atom is 0.315 e. The summed E-state index contributed by atoms with van der Waals surface area (Å²) in [6, 6.07) is 7.03. The van der Waals surface area contributed by atoms with E-state index >= 15 is 0 Å². The SMILES string of the molecule is CCN1CCN(CCCNC(=O)N[C@@H]2CC(=O)N(c3cccc(OC)c3)C2)CC1. The summed E-state index contributed by atoms with van der Waals surface area (Å²) in [5.74, 6) is 0.718. The predicted molar refractivity (Wildman–Crippen MR) is 113 cm³/mol. The molecule has 0 spiro atoms. The first-order valence-corrected chi connectivity index (χ1v) is 10.5. The van der Waals surface area contributed by atoms with Crippen LogP contribution in [0.4, 0.5) is 10.5 Å². The standard InChI is InChI=1S/C21H33N5O3/c1-3-24-10-12-25(13-11-24)9-5-8-22-21(28)23-17-14-20(27)26(16-17)18-6-4-7-19(15-18)29-2/h4,6-7,15,17H,3,5,8-14,16H2,1-2H3,(H2,22,23,28)/t17-/m1/s1. The van der Waals surface area contributed by atoms with E-state index in [4.69, 9.17) is 4.74 Å². The number of carbonyl (C=O) groups excluding carboxylic acids is 2. The predicted octanol–water partition coefficient (Wildman–Crippen LogP) is 1.13. The molecule has 0 saturated carbocycles. The Hall–Kier alpha value is -2.32. The second kappa shape index (κ2) is 10.5. The van der Waals surface area contributed by atoms with E-state index in [1.54, 1.807) is 12.0 Å². The number of likely N-dealkylation sites (N-methyl/N-ethyl adjacent to an activating group) is 1. The minimum Gasteiger partial charge on any atom is -0.497 e. The molecule has 0 radical (unpaired) electrons. The summed E-state index contributed by atoms with van der Waals surface area (Å²) in [6.45, 7) is 9.90. The summed E-state index contributed by atoms with van der Waals surface area (Å²) in [5.41, 5.74) is 0.794. The number of nitrogens with one attached hydrogen (secondary N) is 2. The van der Waals surface area contributed by atoms with E-state index in [1.807, 2.05) is 24.3 Å². The summed E-state index contributed by atoms with van der Waals surface area (Å²) in [5, 5.41) is 5.85. The highest BCUT2D eigenvalue weighted by molar-refractivity contribution is 5.97. The highest BCUT2D eigenvalue weighted by atomic mass is 16.5. The van der Waals surface area contributed by atoms with E-state index in [9.17, 15) is 9.59 Å². The zero-order valence-electron chi connectivity index (χ0n) is 17.5. The number of amides is 3. The molecular weight excluding hydrogens is 370 g/mol. The summed E-state index contributed by atoms with van der Waals surface area (Å²) in [6.07, 6.45) is 1.24. The number of ether oxygens (including phenoxy) is 1. The van der Waals surface area contributed by atoms with Gasteiger partial charge in [-0.25, -0.2) is 4.79 Å². The highest BCUT2D eigenvalue weighted by Crippen LogP contribution is 2.25. The quantitative estimate of drug-likeness (QED) is 0.637. The van der Waals surface area contributed by atoms with Crippen molar-refractivity contribution in [1.82, 2.24) is 20.4 Å². The van der Waals surface area contributed by atoms with Gasteiger partial charge in [-0.3, -0.25) is 4.79 Å². The van der Waals surface area contributed by atoms with Crippen LogP contribution in [0.5, 0.6) is 5.75 Å². The number of benzene rings is 1. The summed E-state index contributed by atoms with van der Waals surface area (Å²) >= 11 is 0. The Labute approximate surface area is 173 Å². The van der Waals surface area contributed by atoms with Gasteiger partial charge in [0.25, 0.3) is 0 Å². The average Bonchev–Trinajstić information content (AvgIpc) is 3.11. The lowest BCUT2D eigenvalue weighted by molar-refractivity contribution is -0.117. The molecule has 0 bridgehead atoms. The fourth-order valence-corrected chi connectivity index (χ4v) is 3.90. The van der Waals surface area contributed by atoms with E-state index in [2.05, 4.69) is 27.4 Å². The van der Waals surface area contributed by atoms with Crippen LogP contribution in [-0.2, 0) is 4.79 Å². The molecule has 1 atom stereocenters. The largest absolute Gasteiger partial charge is 0.497 e. The molecule has 2 saturated heterocycles. The number of piperazine rings is 1. The van der Waals surface area contributed by atoms with Crippen LogP contribution in [-0.4, -0.2) is 87.2 Å². The Morgan fingerprint density at radius 3 is 2.69 bits per heavy atom. The molecule has 2 fully saturated rings. The minimum atomic E-state index is -0.203. The van der Waals surface area contributed by atoms with Crippen LogP contribution in [0.3, 0.4) is 0 Å². The van der Waals surface area contributed by atoms with Crippen molar-refractivity contribution in [2.75, 3.05) is 64.4 Å². The molecule has 2 N–H and O–H groups in total. The Morgan fingerprint density at radius 2 is 1.97 bits per heavy atom. The molecule has 160 valence electrons. The lowest BCUT2D eigenvalue weighted by Gasteiger charge is -2.33. The number of carbonyl (C=O) groups is 2. The molecule has 3 rings (SSSR count). The fourth-order valence-electron chi connectivity index (χ4n) is 3.90. The normalized spacial score (nSPS) is 20.7. The molecular formula is C21H33N5O3. The van der Waals surface area contributed by atoms with Crippen molar-refractivity contribution in [3.8, 4) is 5.75 Å². The van der Waals surface area contributed by atoms with E-state index in [1.165, 1.54) is 0 Å². The van der Waals surface area contributed by atoms with Crippen molar-refractivity contribution in [3.05, 3.63) is 24.3 Å². The average molecular weight is 404 g/mol. The maximum absolute atomic E-state index is 12.4. The lowest BCUT2D eigenvalue weighted by Crippen LogP contribution is -2.47. The summed E-state index contributed by atoms with van der Waals surface area (Å²) in [7, 11) is 1.60. The number of methoxy groups -OCH3 is 1. The van der Waals surface area contributed by atoms with Gasteiger partial charge in [0.1, 0.15) is 5.75 Å². The molecule has 0 unspecified atom stereocenters. The van der Waals surface area contributed by atoms with Gasteiger partial charge in [0.15, 0.2) is 0 Å². The molecule has 2 aliphatic heterocycles. The van der Waals surface area contributed by atoms with Crippen molar-refractivity contribution >= 4 is 17.6 Å². The van der Waals surface area contributed by atoms with Gasteiger partial charge in [0, 0.05) is 57.4 Å². The molecule has 0 aliphatic carbocycles. The van der Waals surface area contributed by atoms with Crippen LogP contribution >= 0.6 is 0 Å². The molecule has 29 heavy (non-hydrogen) atoms. The molecule has 0 aromatic heterocycles. The van der Waals surface area contributed by atoms with Crippen molar-refractivity contribution in [1.29, 1.82) is 0 Å². The van der Waals surface area contributed by atoms with Gasteiger partial charge in [-0.05, 0) is 31.6 Å². The van der Waals surface area contributed by atoms with Gasteiger partial charge in [-0.15, -0.1) is 0 Å². The number of anilines is 1. The number of hydrogen-bond donors (Lipinski definition) is 2. The van der Waals surface area contributed by atoms with Gasteiger partial charge in [-0.2, -0.15) is 0 Å². The molecule has 8 heteroatoms. The van der Waals surface area contributed by atoms with Crippen molar-refractivity contribution < 1.29 is 14.3 Å². The topological polar surface area (TPSA) is 77.2 Å². The maximum atomic E-state index is 12.4. The third-order valence-electron chi connectivity index (χ3n) is 5.67. The van der Waals surface area contributed by atoms with Gasteiger partial charge in [-0.1, -0.05) is 13.0 Å². The first-order chi connectivity index (χ1) is 14.1. The Bertz CT molecular complexity index is 691. The summed E-state index contributed by atoms with van der Waals surface area (Å²) in [4.78, 5) is 31.1. The monoisotopic (exact) mass is 403 g/mol. The highest BCUT2D eigenvalue weighted by Gasteiger charge is 2.31. The molecule has 1 aromatic carbocycles. The third kappa shape index (κ3) is 6.08. The van der Waals surface area contributed by atoms with Gasteiger partial charge >= 0.3 is 6.03 Å². The second-order valence-electron chi connectivity index (χ2n) is 7.64. The van der Waals surface area contributed by atoms with Gasteiger partial charge < -0.3 is 30.1 Å². The van der Waals surface area contributed by atoms with Crippen molar-refractivity contribution in [2.45, 2.75) is 25.8 Å². The van der Waals surface area contributed by atoms with E-state index < -0.39 is 0 Å². The third-order valence-corrected chi connectivity index (χ3v) is 5.67. The van der Waals surface area contributed by atoms with Gasteiger partial charge in [0.2, 0.25) is 5.91 Å². The molecule has 1 aromatic rings. The number of urea groups is 1. The zero-order valence-corrected chi connectivity index (χ0v) is 17.5. The number of hydrogen-bond acceptors (Lipinski definition) is 5. The molecule has 3 amide bonds. The number of rotatable bonds is 8. The Kier molecular flexibility index (Phi) is 7.71. The van der Waals surface area contributed by atoms with Crippen LogP contribution in [0, 0.1) is 0 Å². The zero-order chi connectivity index (χ0) is 20.6. The fraction of sp³-hybridized carbons (Fsp3) is 0.619. The smallest absolute Gasteiger partial charge is 0.315 e. The first-order valence-electron chi connectivity index (χ1n) is 10.5. The Balaban J connectivity index is 1.35. The van der Waals surface area contributed by atoms with Gasteiger partial charge in [0.05, 0.1) is 13.2 Å². The van der Waals surface area contributed by atoms with E-state index in [0.29, 0.717) is 25.3 Å². The molecule has 8 nitrogen and oxygen atoms in total. The van der Waals surface area contributed by atoms with Crippen molar-refractivity contribution in [3.63, 3.8) is 0 Å². The van der Waals surface area contributed by atoms with Crippen LogP contribution in [0.25, 0.3) is 0 Å². The minimum absolute atomic E-state index is 0.00905.